The summed E-state index contributed by atoms with van der Waals surface area (Å²) in [5.74, 6) is 0.484. The number of benzene rings is 5. The van der Waals surface area contributed by atoms with Crippen molar-refractivity contribution in [2.45, 2.75) is 12.8 Å². The van der Waals surface area contributed by atoms with Crippen molar-refractivity contribution in [3.63, 3.8) is 0 Å². The molecule has 5 rings (SSSR count). The molecule has 5 aromatic carbocycles. The molecule has 0 saturated carbocycles. The quantitative estimate of drug-likeness (QED) is 0.281. The van der Waals surface area contributed by atoms with Crippen molar-refractivity contribution in [3.8, 4) is 0 Å². The first-order valence-electron chi connectivity index (χ1n) is 9.79. The zero-order valence-electron chi connectivity index (χ0n) is 16.1. The van der Waals surface area contributed by atoms with Crippen LogP contribution in [0.3, 0.4) is 0 Å². The molecule has 0 saturated heterocycles. The van der Waals surface area contributed by atoms with Crippen LogP contribution in [0, 0.1) is 0 Å². The van der Waals surface area contributed by atoms with Crippen molar-refractivity contribution in [2.75, 3.05) is 0 Å². The zero-order valence-corrected chi connectivity index (χ0v) is 16.1. The summed E-state index contributed by atoms with van der Waals surface area (Å²) in [6.45, 7) is 2.24. The molecule has 0 fully saturated rings. The largest absolute Gasteiger partial charge is 0.0622 e. The number of rotatable bonds is 2. The number of fused-ring (bicyclic) bond motifs is 2. The Balaban J connectivity index is 0.000000137. The lowest BCUT2D eigenvalue weighted by atomic mass is 9.93. The van der Waals surface area contributed by atoms with Gasteiger partial charge in [-0.05, 0) is 44.8 Å². The maximum absolute atomic E-state index is 2.24. The molecular formula is C28H24. The van der Waals surface area contributed by atoms with Crippen LogP contribution >= 0.6 is 0 Å². The van der Waals surface area contributed by atoms with E-state index in [1.807, 2.05) is 0 Å². The fraction of sp³-hybridized carbons (Fsp3) is 0.0714. The van der Waals surface area contributed by atoms with Gasteiger partial charge in [-0.25, -0.2) is 0 Å². The average molecular weight is 361 g/mol. The van der Waals surface area contributed by atoms with Crippen molar-refractivity contribution in [1.82, 2.24) is 0 Å². The second kappa shape index (κ2) is 8.54. The first-order chi connectivity index (χ1) is 13.8. The van der Waals surface area contributed by atoms with Crippen LogP contribution < -0.4 is 0 Å². The summed E-state index contributed by atoms with van der Waals surface area (Å²) in [6.07, 6.45) is 0. The molecule has 0 unspecified atom stereocenters. The molecular weight excluding hydrogens is 336 g/mol. The highest BCUT2D eigenvalue weighted by atomic mass is 14.1. The van der Waals surface area contributed by atoms with Gasteiger partial charge in [0.15, 0.2) is 0 Å². The van der Waals surface area contributed by atoms with Crippen LogP contribution in [0.2, 0.25) is 0 Å². The summed E-state index contributed by atoms with van der Waals surface area (Å²) in [5, 5.41) is 5.25. The fourth-order valence-electron chi connectivity index (χ4n) is 3.56. The predicted molar refractivity (Wildman–Crippen MR) is 122 cm³/mol. The summed E-state index contributed by atoms with van der Waals surface area (Å²) in [7, 11) is 0. The first kappa shape index (κ1) is 18.0. The molecule has 5 aromatic rings. The van der Waals surface area contributed by atoms with Crippen LogP contribution in [0.4, 0.5) is 0 Å². The number of hydrogen-bond donors (Lipinski definition) is 0. The lowest BCUT2D eigenvalue weighted by Crippen LogP contribution is -1.94. The van der Waals surface area contributed by atoms with Crippen molar-refractivity contribution in [3.05, 3.63) is 132 Å². The highest BCUT2D eigenvalue weighted by molar-refractivity contribution is 5.98. The second-order valence-electron chi connectivity index (χ2n) is 7.09. The molecule has 0 N–H and O–H groups in total. The third-order valence-corrected chi connectivity index (χ3v) is 5.21. The minimum atomic E-state index is 0.484. The zero-order chi connectivity index (χ0) is 19.2. The Morgan fingerprint density at radius 3 is 1.00 bits per heavy atom. The molecule has 28 heavy (non-hydrogen) atoms. The third-order valence-electron chi connectivity index (χ3n) is 5.21. The van der Waals surface area contributed by atoms with Gasteiger partial charge < -0.3 is 0 Å². The lowest BCUT2D eigenvalue weighted by Gasteiger charge is -2.11. The SMILES string of the molecule is CC(c1ccccc1)c1ccccc1.c1ccc2cc3ccccc3cc2c1. The molecule has 0 aliphatic carbocycles. The Bertz CT molecular complexity index is 1010. The summed E-state index contributed by atoms with van der Waals surface area (Å²) in [4.78, 5) is 0. The lowest BCUT2D eigenvalue weighted by molar-refractivity contribution is 0.922. The molecule has 0 heterocycles. The van der Waals surface area contributed by atoms with Gasteiger partial charge in [0.1, 0.15) is 0 Å². The van der Waals surface area contributed by atoms with Crippen LogP contribution in [-0.2, 0) is 0 Å². The van der Waals surface area contributed by atoms with Gasteiger partial charge in [-0.2, -0.15) is 0 Å². The van der Waals surface area contributed by atoms with E-state index in [0.29, 0.717) is 5.92 Å². The van der Waals surface area contributed by atoms with E-state index in [-0.39, 0.29) is 0 Å². The van der Waals surface area contributed by atoms with E-state index in [9.17, 15) is 0 Å². The van der Waals surface area contributed by atoms with Gasteiger partial charge in [-0.3, -0.25) is 0 Å². The standard InChI is InChI=1S/C14H10.C14H14/c1-2-6-12-10-14-8-4-3-7-13(14)9-11(12)5-1;1-12(13-8-4-2-5-9-13)14-10-6-3-7-11-14/h1-10H;2-12H,1H3. The van der Waals surface area contributed by atoms with Crippen molar-refractivity contribution >= 4 is 21.5 Å². The molecule has 0 spiro atoms. The molecule has 0 heteroatoms. The van der Waals surface area contributed by atoms with Crippen molar-refractivity contribution < 1.29 is 0 Å². The summed E-state index contributed by atoms with van der Waals surface area (Å²) < 4.78 is 0. The molecule has 0 aliphatic heterocycles. The van der Waals surface area contributed by atoms with E-state index in [4.69, 9.17) is 0 Å². The van der Waals surface area contributed by atoms with Gasteiger partial charge in [0.2, 0.25) is 0 Å². The second-order valence-corrected chi connectivity index (χ2v) is 7.09. The molecule has 0 aliphatic rings. The maximum atomic E-state index is 2.24. The summed E-state index contributed by atoms with van der Waals surface area (Å²) >= 11 is 0. The molecule has 0 bridgehead atoms. The molecule has 0 amide bonds. The van der Waals surface area contributed by atoms with Gasteiger partial charge in [-0.15, -0.1) is 0 Å². The Morgan fingerprint density at radius 2 is 0.679 bits per heavy atom. The van der Waals surface area contributed by atoms with Gasteiger partial charge in [-0.1, -0.05) is 116 Å². The topological polar surface area (TPSA) is 0 Å². The molecule has 0 nitrogen and oxygen atoms in total. The number of hydrogen-bond acceptors (Lipinski definition) is 0. The predicted octanol–water partition coefficient (Wildman–Crippen LogP) is 7.83. The normalized spacial score (nSPS) is 10.6. The molecule has 0 aromatic heterocycles. The summed E-state index contributed by atoms with van der Waals surface area (Å²) in [6, 6.07) is 42.6. The first-order valence-corrected chi connectivity index (χ1v) is 9.79. The monoisotopic (exact) mass is 360 g/mol. The maximum Gasteiger partial charge on any atom is 0.00610 e. The Kier molecular flexibility index (Phi) is 5.49. The van der Waals surface area contributed by atoms with Crippen LogP contribution in [-0.4, -0.2) is 0 Å². The van der Waals surface area contributed by atoms with E-state index in [2.05, 4.69) is 128 Å². The van der Waals surface area contributed by atoms with E-state index >= 15 is 0 Å². The van der Waals surface area contributed by atoms with Crippen LogP contribution in [0.1, 0.15) is 24.0 Å². The van der Waals surface area contributed by atoms with Crippen LogP contribution in [0.15, 0.2) is 121 Å². The molecule has 0 radical (unpaired) electrons. The smallest absolute Gasteiger partial charge is 0.00610 e. The highest BCUT2D eigenvalue weighted by Crippen LogP contribution is 2.23. The summed E-state index contributed by atoms with van der Waals surface area (Å²) in [5.41, 5.74) is 2.75. The van der Waals surface area contributed by atoms with E-state index in [1.54, 1.807) is 0 Å². The Morgan fingerprint density at radius 1 is 0.393 bits per heavy atom. The third kappa shape index (κ3) is 4.13. The minimum Gasteiger partial charge on any atom is -0.0622 e. The average Bonchev–Trinajstić information content (AvgIpc) is 2.79. The molecule has 0 atom stereocenters. The highest BCUT2D eigenvalue weighted by Gasteiger charge is 2.05. The van der Waals surface area contributed by atoms with Crippen molar-refractivity contribution in [1.29, 1.82) is 0 Å². The van der Waals surface area contributed by atoms with E-state index in [0.717, 1.165) is 0 Å². The van der Waals surface area contributed by atoms with Gasteiger partial charge in [0.05, 0.1) is 0 Å². The van der Waals surface area contributed by atoms with Crippen LogP contribution in [0.25, 0.3) is 21.5 Å². The van der Waals surface area contributed by atoms with Gasteiger partial charge in [0, 0.05) is 5.92 Å². The fourth-order valence-corrected chi connectivity index (χ4v) is 3.56. The van der Waals surface area contributed by atoms with Crippen LogP contribution in [0.5, 0.6) is 0 Å². The van der Waals surface area contributed by atoms with Crippen molar-refractivity contribution in [2.24, 2.45) is 0 Å². The molecule has 136 valence electrons. The van der Waals surface area contributed by atoms with E-state index < -0.39 is 0 Å². The Hall–Kier alpha value is -3.38. The van der Waals surface area contributed by atoms with Gasteiger partial charge >= 0.3 is 0 Å². The van der Waals surface area contributed by atoms with E-state index in [1.165, 1.54) is 32.7 Å². The van der Waals surface area contributed by atoms with Gasteiger partial charge in [0.25, 0.3) is 0 Å². The minimum absolute atomic E-state index is 0.484. The Labute approximate surface area is 167 Å².